The molecule has 1 saturated carbocycles. The highest BCUT2D eigenvalue weighted by Crippen LogP contribution is 2.31. The van der Waals surface area contributed by atoms with Gasteiger partial charge in [-0.1, -0.05) is 12.1 Å². The van der Waals surface area contributed by atoms with Gasteiger partial charge in [-0.3, -0.25) is 4.79 Å². The summed E-state index contributed by atoms with van der Waals surface area (Å²) in [6.07, 6.45) is 6.82. The van der Waals surface area contributed by atoms with Gasteiger partial charge in [-0.25, -0.2) is 15.0 Å². The number of fused-ring (bicyclic) bond motifs is 2. The Labute approximate surface area is 203 Å². The Kier molecular flexibility index (Phi) is 6.94. The molecule has 4 N–H and O–H groups in total. The summed E-state index contributed by atoms with van der Waals surface area (Å²) in [6, 6.07) is 10.7. The number of para-hydroxylation sites is 1. The molecule has 9 heteroatoms. The van der Waals surface area contributed by atoms with E-state index in [-0.39, 0.29) is 11.9 Å². The maximum absolute atomic E-state index is 11.6. The maximum Gasteiger partial charge on any atom is 0.235 e. The zero-order valence-corrected chi connectivity index (χ0v) is 20.1. The van der Waals surface area contributed by atoms with E-state index in [2.05, 4.69) is 31.7 Å². The van der Waals surface area contributed by atoms with Crippen LogP contribution in [0.3, 0.4) is 0 Å². The largest absolute Gasteiger partial charge is 0.480 e. The summed E-state index contributed by atoms with van der Waals surface area (Å²) in [7, 11) is 1.61. The Morgan fingerprint density at radius 2 is 2.06 bits per heavy atom. The van der Waals surface area contributed by atoms with Crippen LogP contribution in [-0.4, -0.2) is 45.8 Å². The minimum absolute atomic E-state index is 0.0134. The van der Waals surface area contributed by atoms with E-state index in [0.29, 0.717) is 36.0 Å². The number of carbonyl (C=O) groups is 1. The van der Waals surface area contributed by atoms with Gasteiger partial charge in [0.15, 0.2) is 0 Å². The molecule has 3 heterocycles. The minimum Gasteiger partial charge on any atom is -0.480 e. The van der Waals surface area contributed by atoms with Crippen LogP contribution in [0.1, 0.15) is 36.9 Å². The molecule has 0 unspecified atom stereocenters. The number of aromatic nitrogens is 3. The highest BCUT2D eigenvalue weighted by Gasteiger charge is 2.26. The zero-order valence-electron chi connectivity index (χ0n) is 19.3. The molecule has 1 amide bonds. The van der Waals surface area contributed by atoms with Gasteiger partial charge in [-0.15, -0.1) is 11.8 Å². The lowest BCUT2D eigenvalue weighted by Gasteiger charge is -2.33. The second-order valence-corrected chi connectivity index (χ2v) is 10.1. The molecule has 1 aliphatic carbocycles. The molecule has 2 aromatic heterocycles. The summed E-state index contributed by atoms with van der Waals surface area (Å²) in [5.74, 6) is 2.17. The number of ether oxygens (including phenoxy) is 1. The first-order chi connectivity index (χ1) is 16.6. The number of hydrogen-bond acceptors (Lipinski definition) is 8. The molecular weight excluding hydrogens is 448 g/mol. The number of hydrogen-bond donors (Lipinski definition) is 3. The summed E-state index contributed by atoms with van der Waals surface area (Å²) < 4.78 is 5.26. The monoisotopic (exact) mass is 478 g/mol. The third-order valence-corrected chi connectivity index (χ3v) is 7.83. The van der Waals surface area contributed by atoms with Crippen molar-refractivity contribution < 1.29 is 9.53 Å². The summed E-state index contributed by atoms with van der Waals surface area (Å²) in [5, 5.41) is 6.51. The van der Waals surface area contributed by atoms with Crippen LogP contribution < -0.4 is 21.1 Å². The second-order valence-electron chi connectivity index (χ2n) is 9.04. The maximum atomic E-state index is 11.6. The minimum atomic E-state index is 0.0134. The van der Waals surface area contributed by atoms with E-state index in [1.54, 1.807) is 13.3 Å². The van der Waals surface area contributed by atoms with Crippen LogP contribution in [0, 0.1) is 5.92 Å². The molecule has 0 saturated heterocycles. The van der Waals surface area contributed by atoms with Crippen molar-refractivity contribution in [2.24, 2.45) is 11.7 Å². The third kappa shape index (κ3) is 5.16. The predicted octanol–water partition coefficient (Wildman–Crippen LogP) is 3.30. The Hall–Kier alpha value is -2.75. The van der Waals surface area contributed by atoms with Gasteiger partial charge in [0.1, 0.15) is 5.82 Å². The molecule has 34 heavy (non-hydrogen) atoms. The SMILES string of the molecule is COc1cnc2cccc(C[C@H](N)[C@H]3CC[C@@H](NCc4ccc5c(n4)NC(=O)CS5)CC3)c2n1. The van der Waals surface area contributed by atoms with Crippen molar-refractivity contribution in [2.75, 3.05) is 18.2 Å². The number of nitrogens with two attached hydrogens (primary N) is 1. The molecule has 178 valence electrons. The van der Waals surface area contributed by atoms with E-state index in [4.69, 9.17) is 10.5 Å². The summed E-state index contributed by atoms with van der Waals surface area (Å²) in [6.45, 7) is 0.700. The van der Waals surface area contributed by atoms with E-state index < -0.39 is 0 Å². The van der Waals surface area contributed by atoms with Crippen LogP contribution in [0.4, 0.5) is 5.82 Å². The molecule has 1 aromatic carbocycles. The van der Waals surface area contributed by atoms with Crippen molar-refractivity contribution in [3.05, 3.63) is 47.8 Å². The first-order valence-electron chi connectivity index (χ1n) is 11.8. The number of benzene rings is 1. The molecular formula is C25H30N6O2S. The van der Waals surface area contributed by atoms with Crippen molar-refractivity contribution >= 4 is 34.5 Å². The number of pyridine rings is 1. The highest BCUT2D eigenvalue weighted by atomic mass is 32.2. The molecule has 2 aliphatic rings. The van der Waals surface area contributed by atoms with Crippen LogP contribution in [0.15, 0.2) is 41.4 Å². The van der Waals surface area contributed by atoms with Crippen molar-refractivity contribution in [1.82, 2.24) is 20.3 Å². The van der Waals surface area contributed by atoms with Gasteiger partial charge in [0.2, 0.25) is 11.8 Å². The lowest BCUT2D eigenvalue weighted by molar-refractivity contribution is -0.113. The first-order valence-corrected chi connectivity index (χ1v) is 12.8. The summed E-state index contributed by atoms with van der Waals surface area (Å²) >= 11 is 1.54. The van der Waals surface area contributed by atoms with E-state index in [9.17, 15) is 4.79 Å². The van der Waals surface area contributed by atoms with Crippen molar-refractivity contribution in [2.45, 2.75) is 55.6 Å². The van der Waals surface area contributed by atoms with Crippen LogP contribution >= 0.6 is 11.8 Å². The Balaban J connectivity index is 1.14. The van der Waals surface area contributed by atoms with E-state index >= 15 is 0 Å². The van der Waals surface area contributed by atoms with Crippen molar-refractivity contribution in [1.29, 1.82) is 0 Å². The standard InChI is InChI=1S/C25H30N6O2S/c1-33-23-13-28-20-4-2-3-16(24(20)31-23)11-19(26)15-5-7-17(8-6-15)27-12-18-9-10-21-25(29-18)30-22(32)14-34-21/h2-4,9-10,13,15,17,19,27H,5-8,11-12,14,26H2,1H3,(H,29,30,32)/t15-,17+,19-/m0/s1. The van der Waals surface area contributed by atoms with Gasteiger partial charge >= 0.3 is 0 Å². The number of methoxy groups -OCH3 is 1. The van der Waals surface area contributed by atoms with E-state index in [1.165, 1.54) is 11.8 Å². The van der Waals surface area contributed by atoms with Gasteiger partial charge in [-0.2, -0.15) is 0 Å². The lowest BCUT2D eigenvalue weighted by atomic mass is 9.80. The van der Waals surface area contributed by atoms with Gasteiger partial charge in [0.25, 0.3) is 0 Å². The molecule has 8 nitrogen and oxygen atoms in total. The predicted molar refractivity (Wildman–Crippen MR) is 134 cm³/mol. The van der Waals surface area contributed by atoms with E-state index in [1.807, 2.05) is 24.3 Å². The normalized spacial score (nSPS) is 21.1. The molecule has 3 aromatic rings. The Morgan fingerprint density at radius 1 is 1.21 bits per heavy atom. The average molecular weight is 479 g/mol. The van der Waals surface area contributed by atoms with Crippen LogP contribution in [0.2, 0.25) is 0 Å². The number of nitrogens with one attached hydrogen (secondary N) is 2. The fraction of sp³-hybridized carbons (Fsp3) is 0.440. The van der Waals surface area contributed by atoms with Crippen LogP contribution in [-0.2, 0) is 17.8 Å². The fourth-order valence-electron chi connectivity index (χ4n) is 4.86. The summed E-state index contributed by atoms with van der Waals surface area (Å²) in [5.41, 5.74) is 10.5. The Bertz CT molecular complexity index is 1180. The first kappa shape index (κ1) is 23.0. The Morgan fingerprint density at radius 3 is 2.88 bits per heavy atom. The van der Waals surface area contributed by atoms with Gasteiger partial charge in [-0.05, 0) is 61.8 Å². The zero-order chi connectivity index (χ0) is 23.5. The van der Waals surface area contributed by atoms with Gasteiger partial charge < -0.3 is 21.1 Å². The average Bonchev–Trinajstić information content (AvgIpc) is 2.87. The molecule has 1 fully saturated rings. The van der Waals surface area contributed by atoms with Crippen molar-refractivity contribution in [3.8, 4) is 5.88 Å². The number of amides is 1. The molecule has 0 bridgehead atoms. The lowest BCUT2D eigenvalue weighted by Crippen LogP contribution is -2.39. The number of carbonyl (C=O) groups excluding carboxylic acids is 1. The smallest absolute Gasteiger partial charge is 0.235 e. The number of thioether (sulfide) groups is 1. The third-order valence-electron chi connectivity index (χ3n) is 6.78. The van der Waals surface area contributed by atoms with Gasteiger partial charge in [0.05, 0.1) is 40.7 Å². The highest BCUT2D eigenvalue weighted by molar-refractivity contribution is 8.00. The molecule has 1 aliphatic heterocycles. The number of anilines is 1. The molecule has 1 atom stereocenters. The van der Waals surface area contributed by atoms with Crippen LogP contribution in [0.5, 0.6) is 5.88 Å². The van der Waals surface area contributed by atoms with E-state index in [0.717, 1.165) is 59.3 Å². The number of nitrogens with zero attached hydrogens (tertiary/aromatic N) is 3. The number of rotatable bonds is 7. The van der Waals surface area contributed by atoms with Crippen LogP contribution in [0.25, 0.3) is 11.0 Å². The molecule has 5 rings (SSSR count). The quantitative estimate of drug-likeness (QED) is 0.474. The topological polar surface area (TPSA) is 115 Å². The fourth-order valence-corrected chi connectivity index (χ4v) is 5.62. The summed E-state index contributed by atoms with van der Waals surface area (Å²) in [4.78, 5) is 26.3. The molecule has 0 spiro atoms. The van der Waals surface area contributed by atoms with Crippen molar-refractivity contribution in [3.63, 3.8) is 0 Å². The molecule has 0 radical (unpaired) electrons. The second kappa shape index (κ2) is 10.2. The van der Waals surface area contributed by atoms with Gasteiger partial charge in [0, 0.05) is 18.6 Å².